The van der Waals surface area contributed by atoms with Crippen molar-refractivity contribution in [3.05, 3.63) is 34.6 Å². The van der Waals surface area contributed by atoms with Crippen LogP contribution in [-0.4, -0.2) is 14.8 Å². The van der Waals surface area contributed by atoms with Crippen molar-refractivity contribution in [1.29, 1.82) is 0 Å². The first kappa shape index (κ1) is 14.2. The fourth-order valence-electron chi connectivity index (χ4n) is 1.83. The summed E-state index contributed by atoms with van der Waals surface area (Å²) in [5, 5.41) is 7.50. The number of benzene rings is 1. The molecule has 0 bridgehead atoms. The van der Waals surface area contributed by atoms with Crippen LogP contribution in [0, 0.1) is 11.6 Å². The molecule has 0 aliphatic carbocycles. The van der Waals surface area contributed by atoms with E-state index in [9.17, 15) is 8.78 Å². The summed E-state index contributed by atoms with van der Waals surface area (Å²) in [6, 6.07) is 1.90. The molecule has 0 atom stereocenters. The zero-order valence-corrected chi connectivity index (χ0v) is 11.8. The second-order valence-electron chi connectivity index (χ2n) is 4.28. The van der Waals surface area contributed by atoms with Gasteiger partial charge in [0, 0.05) is 6.04 Å². The van der Waals surface area contributed by atoms with Gasteiger partial charge in [0.05, 0.1) is 16.5 Å². The Morgan fingerprint density at radius 1 is 1.21 bits per heavy atom. The summed E-state index contributed by atoms with van der Waals surface area (Å²) in [7, 11) is 0. The minimum Gasteiger partial charge on any atom is -0.307 e. The molecule has 1 aromatic heterocycles. The van der Waals surface area contributed by atoms with Crippen molar-refractivity contribution in [3.8, 4) is 11.4 Å². The van der Waals surface area contributed by atoms with E-state index in [-0.39, 0.29) is 28.3 Å². The van der Waals surface area contributed by atoms with E-state index in [1.807, 2.05) is 13.8 Å². The Morgan fingerprint density at radius 2 is 1.89 bits per heavy atom. The molecular formula is C12H11Cl2F2N3. The molecule has 0 N–H and O–H groups in total. The molecule has 0 spiro atoms. The van der Waals surface area contributed by atoms with Gasteiger partial charge in [-0.2, -0.15) is 0 Å². The summed E-state index contributed by atoms with van der Waals surface area (Å²) in [5.41, 5.74) is 0.0134. The van der Waals surface area contributed by atoms with Gasteiger partial charge >= 0.3 is 0 Å². The fraction of sp³-hybridized carbons (Fsp3) is 0.333. The van der Waals surface area contributed by atoms with Gasteiger partial charge in [-0.05, 0) is 26.0 Å². The lowest BCUT2D eigenvalue weighted by Crippen LogP contribution is -2.08. The Morgan fingerprint density at radius 3 is 2.47 bits per heavy atom. The van der Waals surface area contributed by atoms with Crippen LogP contribution in [-0.2, 0) is 5.88 Å². The lowest BCUT2D eigenvalue weighted by Gasteiger charge is -2.13. The zero-order valence-electron chi connectivity index (χ0n) is 10.3. The minimum atomic E-state index is -0.705. The number of rotatable bonds is 3. The number of hydrogen-bond donors (Lipinski definition) is 0. The van der Waals surface area contributed by atoms with Crippen molar-refractivity contribution < 1.29 is 8.78 Å². The molecule has 7 heteroatoms. The van der Waals surface area contributed by atoms with Crippen LogP contribution in [0.2, 0.25) is 5.02 Å². The maximum Gasteiger partial charge on any atom is 0.167 e. The molecule has 19 heavy (non-hydrogen) atoms. The number of hydrogen-bond acceptors (Lipinski definition) is 2. The molecule has 102 valence electrons. The highest BCUT2D eigenvalue weighted by Crippen LogP contribution is 2.29. The molecule has 0 aliphatic rings. The first-order chi connectivity index (χ1) is 8.95. The van der Waals surface area contributed by atoms with E-state index in [2.05, 4.69) is 10.2 Å². The van der Waals surface area contributed by atoms with Crippen LogP contribution in [0.3, 0.4) is 0 Å². The van der Waals surface area contributed by atoms with Crippen molar-refractivity contribution in [3.63, 3.8) is 0 Å². The Balaban J connectivity index is 2.65. The number of aromatic nitrogens is 3. The average molecular weight is 306 g/mol. The summed E-state index contributed by atoms with van der Waals surface area (Å²) < 4.78 is 29.1. The van der Waals surface area contributed by atoms with Gasteiger partial charge in [0.15, 0.2) is 5.82 Å². The zero-order chi connectivity index (χ0) is 14.2. The quantitative estimate of drug-likeness (QED) is 0.628. The molecule has 0 aliphatic heterocycles. The molecule has 2 aromatic rings. The summed E-state index contributed by atoms with van der Waals surface area (Å²) in [6.45, 7) is 3.76. The number of halogens is 4. The van der Waals surface area contributed by atoms with Crippen LogP contribution in [0.1, 0.15) is 25.7 Å². The molecule has 0 fully saturated rings. The average Bonchev–Trinajstić information content (AvgIpc) is 2.77. The third-order valence-electron chi connectivity index (χ3n) is 2.65. The van der Waals surface area contributed by atoms with Crippen molar-refractivity contribution in [1.82, 2.24) is 14.8 Å². The van der Waals surface area contributed by atoms with E-state index < -0.39 is 11.6 Å². The summed E-state index contributed by atoms with van der Waals surface area (Å²) in [4.78, 5) is 0. The van der Waals surface area contributed by atoms with E-state index in [1.165, 1.54) is 0 Å². The summed E-state index contributed by atoms with van der Waals surface area (Å²) in [5.74, 6) is -0.478. The standard InChI is InChI=1S/C12H11Cl2F2N3/c1-6(2)19-11(5-13)17-18-12(19)7-3-10(16)8(14)4-9(7)15/h3-4,6H,5H2,1-2H3. The largest absolute Gasteiger partial charge is 0.307 e. The normalized spacial score (nSPS) is 11.3. The number of nitrogens with zero attached hydrogens (tertiary/aromatic N) is 3. The molecule has 3 nitrogen and oxygen atoms in total. The summed E-state index contributed by atoms with van der Waals surface area (Å²) in [6.07, 6.45) is 0. The second kappa shape index (κ2) is 5.43. The Kier molecular flexibility index (Phi) is 4.06. The van der Waals surface area contributed by atoms with Crippen LogP contribution in [0.25, 0.3) is 11.4 Å². The molecule has 0 saturated heterocycles. The summed E-state index contributed by atoms with van der Waals surface area (Å²) >= 11 is 11.3. The Labute approximate surface area is 119 Å². The minimum absolute atomic E-state index is 0.0134. The van der Waals surface area contributed by atoms with Crippen LogP contribution in [0.15, 0.2) is 12.1 Å². The highest BCUT2D eigenvalue weighted by molar-refractivity contribution is 6.30. The molecular weight excluding hydrogens is 295 g/mol. The third-order valence-corrected chi connectivity index (χ3v) is 3.18. The SMILES string of the molecule is CC(C)n1c(CCl)nnc1-c1cc(F)c(Cl)cc1F. The van der Waals surface area contributed by atoms with Crippen LogP contribution in [0.4, 0.5) is 8.78 Å². The van der Waals surface area contributed by atoms with Crippen molar-refractivity contribution in [2.24, 2.45) is 0 Å². The highest BCUT2D eigenvalue weighted by atomic mass is 35.5. The highest BCUT2D eigenvalue weighted by Gasteiger charge is 2.20. The molecule has 0 radical (unpaired) electrons. The predicted molar refractivity (Wildman–Crippen MR) is 70.3 cm³/mol. The third kappa shape index (κ3) is 2.58. The molecule has 0 unspecified atom stereocenters. The van der Waals surface area contributed by atoms with Crippen LogP contribution >= 0.6 is 23.2 Å². The van der Waals surface area contributed by atoms with Gasteiger partial charge in [-0.25, -0.2) is 8.78 Å². The first-order valence-corrected chi connectivity index (χ1v) is 6.51. The van der Waals surface area contributed by atoms with Gasteiger partial charge in [-0.1, -0.05) is 11.6 Å². The lowest BCUT2D eigenvalue weighted by molar-refractivity contribution is 0.574. The Bertz CT molecular complexity index is 611. The smallest absolute Gasteiger partial charge is 0.167 e. The molecule has 1 heterocycles. The fourth-order valence-corrected chi connectivity index (χ4v) is 2.17. The monoisotopic (exact) mass is 305 g/mol. The topological polar surface area (TPSA) is 30.7 Å². The van der Waals surface area contributed by atoms with Gasteiger partial charge in [-0.3, -0.25) is 0 Å². The van der Waals surface area contributed by atoms with Gasteiger partial charge in [0.1, 0.15) is 17.5 Å². The molecule has 1 aromatic carbocycles. The van der Waals surface area contributed by atoms with E-state index in [0.717, 1.165) is 12.1 Å². The maximum absolute atomic E-state index is 13.9. The van der Waals surface area contributed by atoms with Gasteiger partial charge < -0.3 is 4.57 Å². The van der Waals surface area contributed by atoms with Crippen molar-refractivity contribution >= 4 is 23.2 Å². The van der Waals surface area contributed by atoms with E-state index in [4.69, 9.17) is 23.2 Å². The molecule has 0 amide bonds. The molecule has 2 rings (SSSR count). The van der Waals surface area contributed by atoms with E-state index >= 15 is 0 Å². The van der Waals surface area contributed by atoms with E-state index in [1.54, 1.807) is 4.57 Å². The molecule has 0 saturated carbocycles. The predicted octanol–water partition coefficient (Wildman–Crippen LogP) is 4.20. The number of alkyl halides is 1. The maximum atomic E-state index is 13.9. The second-order valence-corrected chi connectivity index (χ2v) is 4.96. The van der Waals surface area contributed by atoms with Crippen molar-refractivity contribution in [2.45, 2.75) is 25.8 Å². The van der Waals surface area contributed by atoms with E-state index in [0.29, 0.717) is 5.82 Å². The van der Waals surface area contributed by atoms with Crippen LogP contribution in [0.5, 0.6) is 0 Å². The first-order valence-electron chi connectivity index (χ1n) is 5.60. The lowest BCUT2D eigenvalue weighted by atomic mass is 10.2. The van der Waals surface area contributed by atoms with Crippen LogP contribution < -0.4 is 0 Å². The van der Waals surface area contributed by atoms with Gasteiger partial charge in [-0.15, -0.1) is 21.8 Å². The Hall–Kier alpha value is -1.20. The van der Waals surface area contributed by atoms with Gasteiger partial charge in [0.2, 0.25) is 0 Å². The van der Waals surface area contributed by atoms with Crippen molar-refractivity contribution in [2.75, 3.05) is 0 Å². The van der Waals surface area contributed by atoms with Gasteiger partial charge in [0.25, 0.3) is 0 Å².